The summed E-state index contributed by atoms with van der Waals surface area (Å²) < 4.78 is 5.99. The molecule has 0 aromatic carbocycles. The van der Waals surface area contributed by atoms with E-state index in [1.165, 1.54) is 21.4 Å². The van der Waals surface area contributed by atoms with Gasteiger partial charge in [0, 0.05) is 28.2 Å². The molecule has 6 heteroatoms. The van der Waals surface area contributed by atoms with Crippen LogP contribution in [0.5, 0.6) is 0 Å². The van der Waals surface area contributed by atoms with Gasteiger partial charge in [-0.15, -0.1) is 23.1 Å². The van der Waals surface area contributed by atoms with Crippen molar-refractivity contribution in [3.63, 3.8) is 0 Å². The van der Waals surface area contributed by atoms with Crippen LogP contribution in [0.1, 0.15) is 44.6 Å². The van der Waals surface area contributed by atoms with E-state index in [1.54, 1.807) is 34.9 Å². The number of ether oxygens (including phenoxy) is 1. The van der Waals surface area contributed by atoms with Gasteiger partial charge in [-0.05, 0) is 32.8 Å². The van der Waals surface area contributed by atoms with Gasteiger partial charge in [-0.1, -0.05) is 30.8 Å². The summed E-state index contributed by atoms with van der Waals surface area (Å²) in [6.45, 7) is 13.3. The van der Waals surface area contributed by atoms with Crippen molar-refractivity contribution in [3.8, 4) is 0 Å². The van der Waals surface area contributed by atoms with E-state index >= 15 is 0 Å². The van der Waals surface area contributed by atoms with Crippen molar-refractivity contribution in [2.45, 2.75) is 62.9 Å². The SMILES string of the molecule is C=C(C)CSc1nc(SCCC)nc2sc3c(c12)CC(C)(C)OC3. The molecule has 3 nitrogen and oxygen atoms in total. The van der Waals surface area contributed by atoms with E-state index in [0.29, 0.717) is 6.61 Å². The van der Waals surface area contributed by atoms with Crippen molar-refractivity contribution < 1.29 is 4.74 Å². The van der Waals surface area contributed by atoms with Crippen LogP contribution < -0.4 is 0 Å². The van der Waals surface area contributed by atoms with Gasteiger partial charge in [0.1, 0.15) is 9.86 Å². The minimum atomic E-state index is -0.118. The molecule has 130 valence electrons. The molecule has 0 bridgehead atoms. The molecule has 0 saturated heterocycles. The first-order valence-corrected chi connectivity index (χ1v) is 11.0. The summed E-state index contributed by atoms with van der Waals surface area (Å²) in [6, 6.07) is 0. The Bertz CT molecular complexity index is 767. The summed E-state index contributed by atoms with van der Waals surface area (Å²) in [7, 11) is 0. The van der Waals surface area contributed by atoms with Crippen LogP contribution in [0.3, 0.4) is 0 Å². The molecule has 0 N–H and O–H groups in total. The maximum absolute atomic E-state index is 5.99. The van der Waals surface area contributed by atoms with Crippen molar-refractivity contribution in [2.24, 2.45) is 0 Å². The fourth-order valence-corrected chi connectivity index (χ4v) is 5.53. The quantitative estimate of drug-likeness (QED) is 0.277. The first-order valence-electron chi connectivity index (χ1n) is 8.26. The molecule has 3 rings (SSSR count). The molecule has 0 fully saturated rings. The lowest BCUT2D eigenvalue weighted by Crippen LogP contribution is -2.31. The molecule has 24 heavy (non-hydrogen) atoms. The first kappa shape index (κ1) is 18.2. The second kappa shape index (κ2) is 7.36. The van der Waals surface area contributed by atoms with Crippen molar-refractivity contribution >= 4 is 45.1 Å². The van der Waals surface area contributed by atoms with Crippen molar-refractivity contribution in [1.29, 1.82) is 0 Å². The zero-order valence-electron chi connectivity index (χ0n) is 14.8. The molecule has 0 unspecified atom stereocenters. The lowest BCUT2D eigenvalue weighted by Gasteiger charge is -2.30. The Morgan fingerprint density at radius 3 is 2.83 bits per heavy atom. The molecule has 0 radical (unpaired) electrons. The Morgan fingerprint density at radius 2 is 2.12 bits per heavy atom. The Balaban J connectivity index is 2.08. The van der Waals surface area contributed by atoms with E-state index in [9.17, 15) is 0 Å². The molecule has 0 saturated carbocycles. The molecule has 1 aliphatic heterocycles. The zero-order chi connectivity index (χ0) is 17.3. The van der Waals surface area contributed by atoms with Gasteiger partial charge in [0.15, 0.2) is 5.16 Å². The van der Waals surface area contributed by atoms with Gasteiger partial charge in [0.25, 0.3) is 0 Å². The van der Waals surface area contributed by atoms with E-state index in [0.717, 1.165) is 39.4 Å². The molecule has 0 aliphatic carbocycles. The van der Waals surface area contributed by atoms with Crippen LogP contribution in [0.15, 0.2) is 22.3 Å². The van der Waals surface area contributed by atoms with Gasteiger partial charge >= 0.3 is 0 Å². The maximum atomic E-state index is 5.99. The fraction of sp³-hybridized carbons (Fsp3) is 0.556. The Morgan fingerprint density at radius 1 is 1.33 bits per heavy atom. The smallest absolute Gasteiger partial charge is 0.190 e. The highest BCUT2D eigenvalue weighted by molar-refractivity contribution is 8.00. The number of nitrogens with zero attached hydrogens (tertiary/aromatic N) is 2. The summed E-state index contributed by atoms with van der Waals surface area (Å²) in [6.07, 6.45) is 2.05. The molecule has 2 aromatic rings. The fourth-order valence-electron chi connectivity index (χ4n) is 2.65. The predicted molar refractivity (Wildman–Crippen MR) is 107 cm³/mol. The van der Waals surface area contributed by atoms with Crippen LogP contribution in [0.4, 0.5) is 0 Å². The van der Waals surface area contributed by atoms with Gasteiger partial charge in [0.05, 0.1) is 12.2 Å². The summed E-state index contributed by atoms with van der Waals surface area (Å²) in [5, 5.41) is 3.25. The number of aromatic nitrogens is 2. The van der Waals surface area contributed by atoms with Crippen LogP contribution >= 0.6 is 34.9 Å². The minimum absolute atomic E-state index is 0.118. The molecular formula is C18H24N2OS3. The number of hydrogen-bond acceptors (Lipinski definition) is 6. The van der Waals surface area contributed by atoms with E-state index in [-0.39, 0.29) is 5.60 Å². The highest BCUT2D eigenvalue weighted by Crippen LogP contribution is 2.42. The minimum Gasteiger partial charge on any atom is -0.370 e. The number of thiophene rings is 1. The van der Waals surface area contributed by atoms with Gasteiger partial charge < -0.3 is 4.74 Å². The number of rotatable bonds is 6. The summed E-state index contributed by atoms with van der Waals surface area (Å²) in [5.74, 6) is 1.95. The van der Waals surface area contributed by atoms with Crippen LogP contribution in [0, 0.1) is 0 Å². The molecule has 1 aliphatic rings. The third kappa shape index (κ3) is 3.98. The third-order valence-electron chi connectivity index (χ3n) is 3.77. The van der Waals surface area contributed by atoms with E-state index in [4.69, 9.17) is 14.7 Å². The summed E-state index contributed by atoms with van der Waals surface area (Å²) in [4.78, 5) is 12.1. The Kier molecular flexibility index (Phi) is 5.59. The van der Waals surface area contributed by atoms with E-state index in [2.05, 4.69) is 34.3 Å². The van der Waals surface area contributed by atoms with Gasteiger partial charge in [-0.2, -0.15) is 0 Å². The van der Waals surface area contributed by atoms with Crippen LogP contribution in [-0.2, 0) is 17.8 Å². The average molecular weight is 381 g/mol. The standard InChI is InChI=1S/C18H24N2OS3/c1-6-7-22-17-19-15(23-10-11(2)3)14-12-8-18(4,5)21-9-13(12)24-16(14)20-17/h2,6-10H2,1,3-5H3. The second-order valence-corrected chi connectivity index (χ2v) is 9.92. The van der Waals surface area contributed by atoms with Gasteiger partial charge in [-0.25, -0.2) is 9.97 Å². The van der Waals surface area contributed by atoms with Crippen molar-refractivity contribution in [3.05, 3.63) is 22.6 Å². The molecule has 3 heterocycles. The molecule has 2 aromatic heterocycles. The summed E-state index contributed by atoms with van der Waals surface area (Å²) >= 11 is 5.30. The summed E-state index contributed by atoms with van der Waals surface area (Å²) in [5.41, 5.74) is 2.44. The maximum Gasteiger partial charge on any atom is 0.190 e. The second-order valence-electron chi connectivity index (χ2n) is 6.81. The van der Waals surface area contributed by atoms with Crippen LogP contribution in [0.25, 0.3) is 10.2 Å². The Labute approximate surface area is 156 Å². The van der Waals surface area contributed by atoms with Gasteiger partial charge in [-0.3, -0.25) is 0 Å². The predicted octanol–water partition coefficient (Wildman–Crippen LogP) is 5.71. The lowest BCUT2D eigenvalue weighted by atomic mass is 9.95. The van der Waals surface area contributed by atoms with E-state index < -0.39 is 0 Å². The Hall–Kier alpha value is -0.560. The highest BCUT2D eigenvalue weighted by Gasteiger charge is 2.31. The van der Waals surface area contributed by atoms with E-state index in [1.807, 2.05) is 0 Å². The van der Waals surface area contributed by atoms with Crippen molar-refractivity contribution in [2.75, 3.05) is 11.5 Å². The zero-order valence-corrected chi connectivity index (χ0v) is 17.2. The monoisotopic (exact) mass is 380 g/mol. The molecule has 0 atom stereocenters. The van der Waals surface area contributed by atoms with Gasteiger partial charge in [0.2, 0.25) is 0 Å². The third-order valence-corrected chi connectivity index (χ3v) is 7.13. The van der Waals surface area contributed by atoms with Crippen LogP contribution in [-0.4, -0.2) is 27.1 Å². The topological polar surface area (TPSA) is 35.0 Å². The number of hydrogen-bond donors (Lipinski definition) is 0. The first-order chi connectivity index (χ1) is 11.4. The number of fused-ring (bicyclic) bond motifs is 3. The average Bonchev–Trinajstić information content (AvgIpc) is 2.87. The molecular weight excluding hydrogens is 356 g/mol. The van der Waals surface area contributed by atoms with Crippen LogP contribution in [0.2, 0.25) is 0 Å². The lowest BCUT2D eigenvalue weighted by molar-refractivity contribution is -0.0379. The normalized spacial score (nSPS) is 16.3. The number of thioether (sulfide) groups is 2. The highest BCUT2D eigenvalue weighted by atomic mass is 32.2. The largest absolute Gasteiger partial charge is 0.370 e. The molecule has 0 amide bonds. The van der Waals surface area contributed by atoms with Crippen molar-refractivity contribution in [1.82, 2.24) is 9.97 Å². The molecule has 0 spiro atoms.